The highest BCUT2D eigenvalue weighted by molar-refractivity contribution is 9.11. The number of nitrogens with zero attached hydrogens (tertiary/aromatic N) is 1. The first-order chi connectivity index (χ1) is 7.70. The van der Waals surface area contributed by atoms with Crippen molar-refractivity contribution in [2.45, 2.75) is 0 Å². The molecule has 1 aliphatic rings. The van der Waals surface area contributed by atoms with Gasteiger partial charge in [-0.3, -0.25) is 4.99 Å². The minimum absolute atomic E-state index is 0.782. The van der Waals surface area contributed by atoms with Crippen LogP contribution in [0.4, 0.5) is 5.69 Å². The molecule has 1 aliphatic heterocycles. The number of nitrogens with one attached hydrogen (secondary N) is 2. The van der Waals surface area contributed by atoms with Gasteiger partial charge in [0.15, 0.2) is 5.96 Å². The highest BCUT2D eigenvalue weighted by atomic mass is 79.9. The molecule has 4 nitrogen and oxygen atoms in total. The zero-order valence-electron chi connectivity index (χ0n) is 8.68. The summed E-state index contributed by atoms with van der Waals surface area (Å²) in [4.78, 5) is 4.27. The van der Waals surface area contributed by atoms with E-state index in [1.54, 1.807) is 7.11 Å². The maximum Gasteiger partial charge on any atom is 0.195 e. The second-order valence-corrected chi connectivity index (χ2v) is 4.96. The molecule has 1 aromatic rings. The fourth-order valence-electron chi connectivity index (χ4n) is 1.39. The smallest absolute Gasteiger partial charge is 0.195 e. The molecular formula is C10H11Br2N3O. The highest BCUT2D eigenvalue weighted by Crippen LogP contribution is 2.34. The van der Waals surface area contributed by atoms with Gasteiger partial charge in [0.1, 0.15) is 5.75 Å². The van der Waals surface area contributed by atoms with Crippen LogP contribution in [-0.4, -0.2) is 26.2 Å². The van der Waals surface area contributed by atoms with Crippen molar-refractivity contribution in [3.63, 3.8) is 0 Å². The third-order valence-corrected chi connectivity index (χ3v) is 3.44. The van der Waals surface area contributed by atoms with E-state index in [9.17, 15) is 0 Å². The second-order valence-electron chi connectivity index (χ2n) is 3.25. The van der Waals surface area contributed by atoms with Gasteiger partial charge in [0.2, 0.25) is 0 Å². The molecule has 0 aliphatic carbocycles. The van der Waals surface area contributed by atoms with E-state index in [-0.39, 0.29) is 0 Å². The number of methoxy groups -OCH3 is 1. The van der Waals surface area contributed by atoms with Crippen molar-refractivity contribution in [3.8, 4) is 5.75 Å². The SMILES string of the molecule is COc1cc(NC2=NCCN2)c(Br)cc1Br. The molecule has 0 saturated heterocycles. The van der Waals surface area contributed by atoms with E-state index in [0.717, 1.165) is 39.4 Å². The van der Waals surface area contributed by atoms with Gasteiger partial charge >= 0.3 is 0 Å². The van der Waals surface area contributed by atoms with Crippen LogP contribution in [0.5, 0.6) is 5.75 Å². The Morgan fingerprint density at radius 3 is 2.81 bits per heavy atom. The van der Waals surface area contributed by atoms with Gasteiger partial charge < -0.3 is 15.4 Å². The first kappa shape index (κ1) is 11.7. The number of rotatable bonds is 2. The summed E-state index contributed by atoms with van der Waals surface area (Å²) in [6.07, 6.45) is 0. The summed E-state index contributed by atoms with van der Waals surface area (Å²) in [6.45, 7) is 1.70. The van der Waals surface area contributed by atoms with Crippen LogP contribution in [0.2, 0.25) is 0 Å². The maximum atomic E-state index is 5.24. The minimum atomic E-state index is 0.782. The highest BCUT2D eigenvalue weighted by Gasteiger charge is 2.10. The molecule has 2 N–H and O–H groups in total. The Hall–Kier alpha value is -0.750. The quantitative estimate of drug-likeness (QED) is 0.863. The molecule has 16 heavy (non-hydrogen) atoms. The van der Waals surface area contributed by atoms with Crippen LogP contribution >= 0.6 is 31.9 Å². The van der Waals surface area contributed by atoms with Gasteiger partial charge in [-0.1, -0.05) is 0 Å². The van der Waals surface area contributed by atoms with Crippen molar-refractivity contribution in [2.75, 3.05) is 25.5 Å². The lowest BCUT2D eigenvalue weighted by Gasteiger charge is -2.11. The Morgan fingerprint density at radius 1 is 1.38 bits per heavy atom. The number of benzene rings is 1. The third kappa shape index (κ3) is 2.49. The average molecular weight is 349 g/mol. The van der Waals surface area contributed by atoms with E-state index in [4.69, 9.17) is 4.74 Å². The molecule has 1 heterocycles. The summed E-state index contributed by atoms with van der Waals surface area (Å²) in [5, 5.41) is 6.35. The van der Waals surface area contributed by atoms with Crippen molar-refractivity contribution in [1.82, 2.24) is 5.32 Å². The van der Waals surface area contributed by atoms with Crippen LogP contribution in [-0.2, 0) is 0 Å². The normalized spacial score (nSPS) is 14.3. The number of anilines is 1. The van der Waals surface area contributed by atoms with Crippen LogP contribution in [0.15, 0.2) is 26.1 Å². The van der Waals surface area contributed by atoms with Crippen molar-refractivity contribution >= 4 is 43.5 Å². The standard InChI is InChI=1S/C10H11Br2N3O/c1-16-9-5-8(6(11)4-7(9)12)15-10-13-2-3-14-10/h4-5H,2-3H2,1H3,(H2,13,14,15). The topological polar surface area (TPSA) is 45.6 Å². The molecule has 0 unspecified atom stereocenters. The zero-order valence-corrected chi connectivity index (χ0v) is 11.9. The van der Waals surface area contributed by atoms with E-state index >= 15 is 0 Å². The number of hydrogen-bond acceptors (Lipinski definition) is 4. The molecule has 0 fully saturated rings. The van der Waals surface area contributed by atoms with Gasteiger partial charge in [-0.15, -0.1) is 0 Å². The molecule has 0 aromatic heterocycles. The predicted molar refractivity (Wildman–Crippen MR) is 72.3 cm³/mol. The van der Waals surface area contributed by atoms with Gasteiger partial charge in [-0.25, -0.2) is 0 Å². The predicted octanol–water partition coefficient (Wildman–Crippen LogP) is 2.59. The Labute approximate surface area is 111 Å². The van der Waals surface area contributed by atoms with E-state index < -0.39 is 0 Å². The Morgan fingerprint density at radius 2 is 2.19 bits per heavy atom. The first-order valence-corrected chi connectivity index (χ1v) is 6.37. The molecule has 0 saturated carbocycles. The molecular weight excluding hydrogens is 338 g/mol. The lowest BCUT2D eigenvalue weighted by atomic mass is 10.3. The van der Waals surface area contributed by atoms with Crippen LogP contribution in [0.1, 0.15) is 0 Å². The second kappa shape index (κ2) is 5.05. The number of aliphatic imine (C=N–C) groups is 1. The maximum absolute atomic E-state index is 5.24. The number of halogens is 2. The van der Waals surface area contributed by atoms with Crippen molar-refractivity contribution in [1.29, 1.82) is 0 Å². The van der Waals surface area contributed by atoms with E-state index in [2.05, 4.69) is 47.5 Å². The Bertz CT molecular complexity index is 434. The molecule has 0 spiro atoms. The third-order valence-electron chi connectivity index (χ3n) is 2.17. The summed E-state index contributed by atoms with van der Waals surface area (Å²) in [5.74, 6) is 1.58. The molecule has 2 rings (SSSR count). The number of hydrogen-bond donors (Lipinski definition) is 2. The van der Waals surface area contributed by atoms with Crippen LogP contribution < -0.4 is 15.4 Å². The van der Waals surface area contributed by atoms with Gasteiger partial charge in [0.05, 0.1) is 23.8 Å². The minimum Gasteiger partial charge on any atom is -0.495 e. The van der Waals surface area contributed by atoms with Crippen molar-refractivity contribution < 1.29 is 4.74 Å². The number of guanidine groups is 1. The van der Waals surface area contributed by atoms with E-state index in [1.807, 2.05) is 12.1 Å². The summed E-state index contributed by atoms with van der Waals surface area (Å²) in [5.41, 5.74) is 0.924. The fraction of sp³-hybridized carbons (Fsp3) is 0.300. The largest absolute Gasteiger partial charge is 0.495 e. The summed E-state index contributed by atoms with van der Waals surface area (Å²) in [7, 11) is 1.64. The Kier molecular flexibility index (Phi) is 3.70. The fourth-order valence-corrected chi connectivity index (χ4v) is 2.65. The molecule has 0 amide bonds. The van der Waals surface area contributed by atoms with Crippen molar-refractivity contribution in [3.05, 3.63) is 21.1 Å². The summed E-state index contributed by atoms with van der Waals surface area (Å²) < 4.78 is 7.10. The van der Waals surface area contributed by atoms with Crippen LogP contribution in [0.25, 0.3) is 0 Å². The van der Waals surface area contributed by atoms with Gasteiger partial charge in [-0.05, 0) is 37.9 Å². The monoisotopic (exact) mass is 347 g/mol. The zero-order chi connectivity index (χ0) is 11.5. The van der Waals surface area contributed by atoms with Crippen molar-refractivity contribution in [2.24, 2.45) is 4.99 Å². The lowest BCUT2D eigenvalue weighted by molar-refractivity contribution is 0.412. The summed E-state index contributed by atoms with van der Waals surface area (Å²) in [6, 6.07) is 3.85. The van der Waals surface area contributed by atoms with Crippen LogP contribution in [0, 0.1) is 0 Å². The van der Waals surface area contributed by atoms with Gasteiger partial charge in [-0.2, -0.15) is 0 Å². The lowest BCUT2D eigenvalue weighted by Crippen LogP contribution is -2.26. The molecule has 86 valence electrons. The summed E-state index contributed by atoms with van der Waals surface area (Å²) >= 11 is 6.91. The van der Waals surface area contributed by atoms with Gasteiger partial charge in [0.25, 0.3) is 0 Å². The van der Waals surface area contributed by atoms with E-state index in [1.165, 1.54) is 0 Å². The molecule has 0 bridgehead atoms. The molecule has 0 radical (unpaired) electrons. The molecule has 6 heteroatoms. The molecule has 1 aromatic carbocycles. The van der Waals surface area contributed by atoms with E-state index in [0.29, 0.717) is 0 Å². The molecule has 0 atom stereocenters. The average Bonchev–Trinajstić information content (AvgIpc) is 2.75. The first-order valence-electron chi connectivity index (χ1n) is 4.79. The van der Waals surface area contributed by atoms with Crippen LogP contribution in [0.3, 0.4) is 0 Å². The van der Waals surface area contributed by atoms with Gasteiger partial charge in [0, 0.05) is 17.1 Å². The number of ether oxygens (including phenoxy) is 1. The Balaban J connectivity index is 2.25.